The Morgan fingerprint density at radius 2 is 1.76 bits per heavy atom. The molecule has 0 radical (unpaired) electrons. The van der Waals surface area contributed by atoms with Crippen LogP contribution in [0, 0.1) is 0 Å². The lowest BCUT2D eigenvalue weighted by molar-refractivity contribution is -0.120. The number of nitrogens with zero attached hydrogens (tertiary/aromatic N) is 4. The number of carbonyl (C=O) groups excluding carboxylic acids is 1. The third-order valence-corrected chi connectivity index (χ3v) is 5.98. The first-order valence-corrected chi connectivity index (χ1v) is 11.6. The number of hydrogen-bond donors (Lipinski definition) is 1. The molecule has 0 saturated carbocycles. The largest absolute Gasteiger partial charge is 0.494 e. The van der Waals surface area contributed by atoms with E-state index in [2.05, 4.69) is 20.5 Å². The van der Waals surface area contributed by atoms with Crippen LogP contribution in [-0.2, 0) is 11.3 Å². The van der Waals surface area contributed by atoms with Crippen molar-refractivity contribution in [1.82, 2.24) is 25.1 Å². The SMILES string of the molecule is CCOc1ccc(-n2c(SC(C)C(=O)NCc3ccccc3)nnc2-c2ccncc2)cc1. The molecule has 0 fully saturated rings. The highest BCUT2D eigenvalue weighted by atomic mass is 32.2. The number of thioether (sulfide) groups is 1. The second kappa shape index (κ2) is 10.8. The van der Waals surface area contributed by atoms with E-state index in [4.69, 9.17) is 4.74 Å². The third kappa shape index (κ3) is 5.59. The second-order valence-corrected chi connectivity index (χ2v) is 8.58. The van der Waals surface area contributed by atoms with Crippen LogP contribution >= 0.6 is 11.8 Å². The van der Waals surface area contributed by atoms with E-state index in [1.807, 2.05) is 85.1 Å². The van der Waals surface area contributed by atoms with Gasteiger partial charge in [0.15, 0.2) is 11.0 Å². The van der Waals surface area contributed by atoms with Gasteiger partial charge in [0, 0.05) is 30.2 Å². The Labute approximate surface area is 197 Å². The number of ether oxygens (including phenoxy) is 1. The number of carbonyl (C=O) groups is 1. The molecule has 33 heavy (non-hydrogen) atoms. The maximum atomic E-state index is 12.7. The molecule has 7 nitrogen and oxygen atoms in total. The van der Waals surface area contributed by atoms with Gasteiger partial charge in [0.1, 0.15) is 5.75 Å². The molecule has 0 saturated heterocycles. The summed E-state index contributed by atoms with van der Waals surface area (Å²) < 4.78 is 7.53. The molecule has 1 amide bonds. The zero-order chi connectivity index (χ0) is 23.0. The molecule has 0 aliphatic carbocycles. The van der Waals surface area contributed by atoms with Crippen molar-refractivity contribution in [3.05, 3.63) is 84.7 Å². The van der Waals surface area contributed by atoms with Crippen LogP contribution in [0.25, 0.3) is 17.1 Å². The minimum atomic E-state index is -0.357. The van der Waals surface area contributed by atoms with E-state index < -0.39 is 0 Å². The number of pyridine rings is 1. The molecule has 2 aromatic heterocycles. The lowest BCUT2D eigenvalue weighted by Crippen LogP contribution is -2.30. The van der Waals surface area contributed by atoms with E-state index in [9.17, 15) is 4.79 Å². The maximum Gasteiger partial charge on any atom is 0.233 e. The minimum Gasteiger partial charge on any atom is -0.494 e. The molecule has 0 spiro atoms. The Balaban J connectivity index is 1.58. The summed E-state index contributed by atoms with van der Waals surface area (Å²) in [6.45, 7) is 4.91. The van der Waals surface area contributed by atoms with Crippen LogP contribution < -0.4 is 10.1 Å². The summed E-state index contributed by atoms with van der Waals surface area (Å²) in [4.78, 5) is 16.8. The van der Waals surface area contributed by atoms with Crippen molar-refractivity contribution in [3.63, 3.8) is 0 Å². The molecule has 1 unspecified atom stereocenters. The van der Waals surface area contributed by atoms with Crippen LogP contribution in [0.15, 0.2) is 84.3 Å². The van der Waals surface area contributed by atoms with E-state index in [-0.39, 0.29) is 11.2 Å². The Kier molecular flexibility index (Phi) is 7.36. The zero-order valence-electron chi connectivity index (χ0n) is 18.5. The van der Waals surface area contributed by atoms with E-state index in [1.165, 1.54) is 11.8 Å². The van der Waals surface area contributed by atoms with Crippen LogP contribution in [0.3, 0.4) is 0 Å². The number of amides is 1. The summed E-state index contributed by atoms with van der Waals surface area (Å²) >= 11 is 1.37. The lowest BCUT2D eigenvalue weighted by atomic mass is 10.2. The molecule has 168 valence electrons. The van der Waals surface area contributed by atoms with Crippen LogP contribution in [0.2, 0.25) is 0 Å². The maximum absolute atomic E-state index is 12.7. The average molecular weight is 460 g/mol. The van der Waals surface area contributed by atoms with Crippen LogP contribution in [0.5, 0.6) is 5.75 Å². The molecule has 2 heterocycles. The molecular weight excluding hydrogens is 434 g/mol. The standard InChI is InChI=1S/C25H25N5O2S/c1-3-32-22-11-9-21(10-12-22)30-23(20-13-15-26-16-14-20)28-29-25(30)33-18(2)24(31)27-17-19-7-5-4-6-8-19/h4-16,18H,3,17H2,1-2H3,(H,27,31). The number of hydrogen-bond acceptors (Lipinski definition) is 6. The second-order valence-electron chi connectivity index (χ2n) is 7.27. The first-order valence-electron chi connectivity index (χ1n) is 10.7. The number of rotatable bonds is 9. The summed E-state index contributed by atoms with van der Waals surface area (Å²) in [6, 6.07) is 21.4. The highest BCUT2D eigenvalue weighted by Crippen LogP contribution is 2.30. The molecular formula is C25H25N5O2S. The smallest absolute Gasteiger partial charge is 0.233 e. The number of nitrogens with one attached hydrogen (secondary N) is 1. The van der Waals surface area contributed by atoms with Crippen LogP contribution in [0.4, 0.5) is 0 Å². The fourth-order valence-corrected chi connectivity index (χ4v) is 4.16. The number of benzene rings is 2. The van der Waals surface area contributed by atoms with Gasteiger partial charge < -0.3 is 10.1 Å². The van der Waals surface area contributed by atoms with E-state index in [1.54, 1.807) is 12.4 Å². The van der Waals surface area contributed by atoms with Gasteiger partial charge in [-0.05, 0) is 55.8 Å². The fourth-order valence-electron chi connectivity index (χ4n) is 3.27. The molecule has 2 aromatic carbocycles. The molecule has 4 rings (SSSR count). The predicted molar refractivity (Wildman–Crippen MR) is 129 cm³/mol. The number of aromatic nitrogens is 4. The third-order valence-electron chi connectivity index (χ3n) is 4.94. The van der Waals surface area contributed by atoms with Crippen molar-refractivity contribution in [2.24, 2.45) is 0 Å². The first-order chi connectivity index (χ1) is 16.2. The molecule has 0 bridgehead atoms. The summed E-state index contributed by atoms with van der Waals surface area (Å²) in [7, 11) is 0. The van der Waals surface area contributed by atoms with Gasteiger partial charge in [0.25, 0.3) is 0 Å². The van der Waals surface area contributed by atoms with Crippen molar-refractivity contribution in [2.75, 3.05) is 6.61 Å². The van der Waals surface area contributed by atoms with Gasteiger partial charge in [-0.2, -0.15) is 0 Å². The Morgan fingerprint density at radius 3 is 2.45 bits per heavy atom. The fraction of sp³-hybridized carbons (Fsp3) is 0.200. The average Bonchev–Trinajstić information content (AvgIpc) is 3.27. The Bertz CT molecular complexity index is 1180. The van der Waals surface area contributed by atoms with Crippen LogP contribution in [0.1, 0.15) is 19.4 Å². The van der Waals surface area contributed by atoms with Gasteiger partial charge in [-0.25, -0.2) is 0 Å². The molecule has 0 aliphatic heterocycles. The summed E-state index contributed by atoms with van der Waals surface area (Å²) in [5, 5.41) is 12.1. The van der Waals surface area contributed by atoms with Crippen LogP contribution in [-0.4, -0.2) is 37.5 Å². The summed E-state index contributed by atoms with van der Waals surface area (Å²) in [6.07, 6.45) is 3.44. The Hall–Kier alpha value is -3.65. The quantitative estimate of drug-likeness (QED) is 0.371. The van der Waals surface area contributed by atoms with E-state index in [0.29, 0.717) is 24.1 Å². The zero-order valence-corrected chi connectivity index (χ0v) is 19.3. The molecule has 8 heteroatoms. The van der Waals surface area contributed by atoms with Crippen molar-refractivity contribution < 1.29 is 9.53 Å². The topological polar surface area (TPSA) is 81.9 Å². The normalized spacial score (nSPS) is 11.7. The first kappa shape index (κ1) is 22.5. The summed E-state index contributed by atoms with van der Waals surface area (Å²) in [5.74, 6) is 1.42. The van der Waals surface area contributed by atoms with Gasteiger partial charge in [-0.3, -0.25) is 14.3 Å². The van der Waals surface area contributed by atoms with Gasteiger partial charge in [-0.1, -0.05) is 42.1 Å². The summed E-state index contributed by atoms with van der Waals surface area (Å²) in [5.41, 5.74) is 2.83. The Morgan fingerprint density at radius 1 is 1.03 bits per heavy atom. The molecule has 4 aromatic rings. The van der Waals surface area contributed by atoms with Crippen molar-refractivity contribution in [3.8, 4) is 22.8 Å². The van der Waals surface area contributed by atoms with Gasteiger partial charge in [0.2, 0.25) is 5.91 Å². The van der Waals surface area contributed by atoms with Gasteiger partial charge >= 0.3 is 0 Å². The van der Waals surface area contributed by atoms with E-state index in [0.717, 1.165) is 22.6 Å². The van der Waals surface area contributed by atoms with Crippen molar-refractivity contribution in [1.29, 1.82) is 0 Å². The van der Waals surface area contributed by atoms with Gasteiger partial charge in [0.05, 0.1) is 11.9 Å². The van der Waals surface area contributed by atoms with Gasteiger partial charge in [-0.15, -0.1) is 10.2 Å². The monoisotopic (exact) mass is 459 g/mol. The van der Waals surface area contributed by atoms with Crippen molar-refractivity contribution in [2.45, 2.75) is 30.8 Å². The van der Waals surface area contributed by atoms with Crippen molar-refractivity contribution >= 4 is 17.7 Å². The lowest BCUT2D eigenvalue weighted by Gasteiger charge is -2.14. The molecule has 1 N–H and O–H groups in total. The minimum absolute atomic E-state index is 0.0597. The highest BCUT2D eigenvalue weighted by molar-refractivity contribution is 8.00. The molecule has 1 atom stereocenters. The highest BCUT2D eigenvalue weighted by Gasteiger charge is 2.22. The predicted octanol–water partition coefficient (Wildman–Crippen LogP) is 4.53. The van der Waals surface area contributed by atoms with E-state index >= 15 is 0 Å². The molecule has 0 aliphatic rings.